The van der Waals surface area contributed by atoms with Gasteiger partial charge in [0.2, 0.25) is 0 Å². The Kier molecular flexibility index (Phi) is 3.14. The first-order valence-corrected chi connectivity index (χ1v) is 5.02. The third-order valence-corrected chi connectivity index (χ3v) is 2.22. The van der Waals surface area contributed by atoms with Crippen LogP contribution in [0.4, 0.5) is 13.2 Å². The number of ketones is 1. The van der Waals surface area contributed by atoms with Crippen LogP contribution in [-0.4, -0.2) is 27.0 Å². The van der Waals surface area contributed by atoms with E-state index < -0.39 is 17.7 Å². The number of carbonyl (C=O) groups is 1. The van der Waals surface area contributed by atoms with Gasteiger partial charge in [0, 0.05) is 0 Å². The zero-order chi connectivity index (χ0) is 13.2. The normalized spacial score (nSPS) is 11.5. The van der Waals surface area contributed by atoms with Crippen molar-refractivity contribution in [3.8, 4) is 0 Å². The summed E-state index contributed by atoms with van der Waals surface area (Å²) in [6.45, 7) is 0.263. The minimum absolute atomic E-state index is 0.263. The second-order valence-corrected chi connectivity index (χ2v) is 3.61. The number of nitrogens with zero attached hydrogens (tertiary/aromatic N) is 3. The smallest absolute Gasteiger partial charge is 0.282 e. The third-order valence-electron chi connectivity index (χ3n) is 2.22. The molecular formula is C11H8F3N3O. The first kappa shape index (κ1) is 12.3. The monoisotopic (exact) mass is 255 g/mol. The number of benzene rings is 1. The van der Waals surface area contributed by atoms with Crippen molar-refractivity contribution >= 4 is 5.78 Å². The Hall–Kier alpha value is -2.18. The van der Waals surface area contributed by atoms with E-state index in [-0.39, 0.29) is 6.54 Å². The van der Waals surface area contributed by atoms with Gasteiger partial charge < -0.3 is 0 Å². The largest absolute Gasteiger partial charge is 0.456 e. The van der Waals surface area contributed by atoms with Gasteiger partial charge in [-0.2, -0.15) is 13.2 Å². The summed E-state index contributed by atoms with van der Waals surface area (Å²) in [5.41, 5.74) is 0.159. The van der Waals surface area contributed by atoms with Crippen LogP contribution in [0.1, 0.15) is 16.1 Å². The van der Waals surface area contributed by atoms with E-state index in [1.54, 1.807) is 24.3 Å². The van der Waals surface area contributed by atoms with E-state index in [0.717, 1.165) is 11.8 Å². The van der Waals surface area contributed by atoms with Crippen molar-refractivity contribution in [2.24, 2.45) is 0 Å². The molecule has 7 heteroatoms. The molecule has 0 unspecified atom stereocenters. The number of Topliss-reactive ketones (excluding diaryl/α,β-unsaturated/α-hetero) is 1. The Morgan fingerprint density at radius 2 is 1.89 bits per heavy atom. The van der Waals surface area contributed by atoms with Crippen LogP contribution in [0.15, 0.2) is 36.5 Å². The molecule has 0 atom stereocenters. The van der Waals surface area contributed by atoms with Crippen molar-refractivity contribution in [3.05, 3.63) is 47.8 Å². The number of hydrogen-bond acceptors (Lipinski definition) is 3. The molecule has 1 aromatic heterocycles. The number of aromatic nitrogens is 3. The summed E-state index contributed by atoms with van der Waals surface area (Å²) in [5, 5.41) is 6.71. The lowest BCUT2D eigenvalue weighted by Gasteiger charge is -2.00. The second kappa shape index (κ2) is 4.59. The third kappa shape index (κ3) is 2.73. The number of carbonyl (C=O) groups excluding carboxylic acids is 1. The van der Waals surface area contributed by atoms with E-state index in [1.807, 2.05) is 6.07 Å². The van der Waals surface area contributed by atoms with Crippen LogP contribution in [-0.2, 0) is 6.54 Å². The van der Waals surface area contributed by atoms with Crippen LogP contribution in [0.5, 0.6) is 0 Å². The lowest BCUT2D eigenvalue weighted by Crippen LogP contribution is -2.23. The molecular weight excluding hydrogens is 247 g/mol. The summed E-state index contributed by atoms with van der Waals surface area (Å²) in [4.78, 5) is 10.9. The topological polar surface area (TPSA) is 47.8 Å². The Morgan fingerprint density at radius 1 is 1.22 bits per heavy atom. The molecule has 1 aromatic carbocycles. The van der Waals surface area contributed by atoms with Crippen molar-refractivity contribution in [1.29, 1.82) is 0 Å². The summed E-state index contributed by atoms with van der Waals surface area (Å²) in [6.07, 6.45) is -3.93. The van der Waals surface area contributed by atoms with Crippen LogP contribution >= 0.6 is 0 Å². The molecule has 0 saturated heterocycles. The maximum Gasteiger partial charge on any atom is 0.456 e. The summed E-state index contributed by atoms with van der Waals surface area (Å²) in [5.74, 6) is -1.98. The minimum Gasteiger partial charge on any atom is -0.282 e. The van der Waals surface area contributed by atoms with Gasteiger partial charge in [0.1, 0.15) is 0 Å². The minimum atomic E-state index is -4.92. The zero-order valence-corrected chi connectivity index (χ0v) is 9.05. The molecule has 0 amide bonds. The highest BCUT2D eigenvalue weighted by atomic mass is 19.4. The molecule has 0 aliphatic carbocycles. The van der Waals surface area contributed by atoms with E-state index in [9.17, 15) is 18.0 Å². The first-order chi connectivity index (χ1) is 8.47. The molecule has 0 aliphatic heterocycles. The van der Waals surface area contributed by atoms with E-state index in [2.05, 4.69) is 10.3 Å². The van der Waals surface area contributed by atoms with E-state index in [0.29, 0.717) is 0 Å². The molecule has 0 fully saturated rings. The van der Waals surface area contributed by atoms with Crippen molar-refractivity contribution in [1.82, 2.24) is 15.0 Å². The lowest BCUT2D eigenvalue weighted by atomic mass is 10.2. The zero-order valence-electron chi connectivity index (χ0n) is 9.05. The van der Waals surface area contributed by atoms with Gasteiger partial charge in [0.05, 0.1) is 12.7 Å². The summed E-state index contributed by atoms with van der Waals surface area (Å²) >= 11 is 0. The molecule has 18 heavy (non-hydrogen) atoms. The SMILES string of the molecule is O=C(c1cn(Cc2ccccc2)nn1)C(F)(F)F. The molecule has 0 bridgehead atoms. The number of alkyl halides is 3. The molecule has 0 N–H and O–H groups in total. The van der Waals surface area contributed by atoms with Gasteiger partial charge in [-0.3, -0.25) is 4.79 Å². The Balaban J connectivity index is 2.14. The van der Waals surface area contributed by atoms with Crippen molar-refractivity contribution in [3.63, 3.8) is 0 Å². The van der Waals surface area contributed by atoms with Crippen LogP contribution in [0.2, 0.25) is 0 Å². The molecule has 0 aliphatic rings. The maximum absolute atomic E-state index is 12.1. The fraction of sp³-hybridized carbons (Fsp3) is 0.182. The molecule has 0 saturated carbocycles. The van der Waals surface area contributed by atoms with Crippen LogP contribution < -0.4 is 0 Å². The molecule has 4 nitrogen and oxygen atoms in total. The average molecular weight is 255 g/mol. The van der Waals surface area contributed by atoms with Gasteiger partial charge in [-0.05, 0) is 5.56 Å². The second-order valence-electron chi connectivity index (χ2n) is 3.61. The van der Waals surface area contributed by atoms with Crippen molar-refractivity contribution in [2.45, 2.75) is 12.7 Å². The lowest BCUT2D eigenvalue weighted by molar-refractivity contribution is -0.0888. The highest BCUT2D eigenvalue weighted by Gasteiger charge is 2.41. The van der Waals surface area contributed by atoms with Crippen molar-refractivity contribution < 1.29 is 18.0 Å². The highest BCUT2D eigenvalue weighted by molar-refractivity contribution is 5.98. The van der Waals surface area contributed by atoms with Gasteiger partial charge in [-0.1, -0.05) is 35.5 Å². The van der Waals surface area contributed by atoms with E-state index in [4.69, 9.17) is 0 Å². The Morgan fingerprint density at radius 3 is 2.50 bits per heavy atom. The number of halogens is 3. The predicted molar refractivity (Wildman–Crippen MR) is 56.0 cm³/mol. The van der Waals surface area contributed by atoms with Crippen LogP contribution in [0, 0.1) is 0 Å². The fourth-order valence-corrected chi connectivity index (χ4v) is 1.40. The highest BCUT2D eigenvalue weighted by Crippen LogP contribution is 2.19. The van der Waals surface area contributed by atoms with Gasteiger partial charge >= 0.3 is 6.18 Å². The van der Waals surface area contributed by atoms with Crippen molar-refractivity contribution in [2.75, 3.05) is 0 Å². The summed E-state index contributed by atoms with van der Waals surface area (Å²) in [7, 11) is 0. The van der Waals surface area contributed by atoms with E-state index >= 15 is 0 Å². The fourth-order valence-electron chi connectivity index (χ4n) is 1.40. The molecule has 0 radical (unpaired) electrons. The van der Waals surface area contributed by atoms with Gasteiger partial charge in [-0.25, -0.2) is 4.68 Å². The first-order valence-electron chi connectivity index (χ1n) is 5.02. The Labute approximate surface area is 100 Å². The van der Waals surface area contributed by atoms with Gasteiger partial charge in [-0.15, -0.1) is 5.10 Å². The standard InChI is InChI=1S/C11H8F3N3O/c12-11(13,14)10(18)9-7-17(16-15-9)6-8-4-2-1-3-5-8/h1-5,7H,6H2. The summed E-state index contributed by atoms with van der Waals surface area (Å²) in [6, 6.07) is 9.02. The van der Waals surface area contributed by atoms with Gasteiger partial charge in [0.25, 0.3) is 5.78 Å². The van der Waals surface area contributed by atoms with Gasteiger partial charge in [0.15, 0.2) is 5.69 Å². The molecule has 1 heterocycles. The average Bonchev–Trinajstić information content (AvgIpc) is 2.76. The summed E-state index contributed by atoms with van der Waals surface area (Å²) < 4.78 is 37.6. The van der Waals surface area contributed by atoms with E-state index in [1.165, 1.54) is 4.68 Å². The molecule has 0 spiro atoms. The predicted octanol–water partition coefficient (Wildman–Crippen LogP) is 2.07. The molecule has 94 valence electrons. The number of rotatable bonds is 3. The quantitative estimate of drug-likeness (QED) is 0.789. The van der Waals surface area contributed by atoms with Crippen LogP contribution in [0.25, 0.3) is 0 Å². The molecule has 2 rings (SSSR count). The molecule has 2 aromatic rings. The van der Waals surface area contributed by atoms with Crippen LogP contribution in [0.3, 0.4) is 0 Å². The Bertz CT molecular complexity index is 548. The number of hydrogen-bond donors (Lipinski definition) is 0. The maximum atomic E-state index is 12.1.